The van der Waals surface area contributed by atoms with Crippen molar-refractivity contribution in [2.75, 3.05) is 18.6 Å². The molecule has 1 saturated heterocycles. The van der Waals surface area contributed by atoms with Gasteiger partial charge in [0.15, 0.2) is 0 Å². The van der Waals surface area contributed by atoms with Crippen LogP contribution in [0.3, 0.4) is 0 Å². The van der Waals surface area contributed by atoms with Crippen molar-refractivity contribution in [2.45, 2.75) is 31.7 Å². The van der Waals surface area contributed by atoms with E-state index in [1.807, 2.05) is 85.8 Å². The lowest BCUT2D eigenvalue weighted by Crippen LogP contribution is -2.53. The van der Waals surface area contributed by atoms with Crippen LogP contribution in [0.15, 0.2) is 89.1 Å². The van der Waals surface area contributed by atoms with Crippen molar-refractivity contribution in [3.05, 3.63) is 95.6 Å². The van der Waals surface area contributed by atoms with Gasteiger partial charge in [-0.05, 0) is 30.7 Å². The number of anilines is 1. The van der Waals surface area contributed by atoms with Gasteiger partial charge in [-0.2, -0.15) is 10.2 Å². The Kier molecular flexibility index (Phi) is 5.94. The van der Waals surface area contributed by atoms with Gasteiger partial charge < -0.3 is 9.47 Å². The van der Waals surface area contributed by atoms with Crippen molar-refractivity contribution in [3.8, 4) is 0 Å². The van der Waals surface area contributed by atoms with Crippen LogP contribution < -0.4 is 4.90 Å². The Bertz CT molecular complexity index is 1260. The molecule has 0 spiro atoms. The number of carbonyl (C=O) groups is 2. The Morgan fingerprint density at radius 2 is 1.69 bits per heavy atom. The number of rotatable bonds is 4. The zero-order valence-corrected chi connectivity index (χ0v) is 19.6. The second-order valence-corrected chi connectivity index (χ2v) is 8.67. The number of ether oxygens (including phenoxy) is 2. The van der Waals surface area contributed by atoms with Crippen LogP contribution in [-0.4, -0.2) is 36.9 Å². The molecule has 5 rings (SSSR count). The van der Waals surface area contributed by atoms with Gasteiger partial charge in [0.2, 0.25) is 0 Å². The van der Waals surface area contributed by atoms with Crippen LogP contribution in [0.4, 0.5) is 21.0 Å². The summed E-state index contributed by atoms with van der Waals surface area (Å²) in [5, 5.41) is 9.34. The summed E-state index contributed by atoms with van der Waals surface area (Å²) in [4.78, 5) is 29.3. The standard InChI is InChI=1S/C27H26N4O4/c1-19-12-14-21(15-13-19)28-29-27-16-17-30(25(32)34-2)24(27)31(23-11-7-6-10-22(23)27)26(33)35-18-20-8-4-3-5-9-20/h3-15,24H,16-18H2,1-2H3/b29-28+/t24?,27-/m0/s1. The van der Waals surface area contributed by atoms with E-state index in [0.717, 1.165) is 16.7 Å². The molecule has 1 fully saturated rings. The highest BCUT2D eigenvalue weighted by Crippen LogP contribution is 2.54. The van der Waals surface area contributed by atoms with Crippen molar-refractivity contribution in [3.63, 3.8) is 0 Å². The highest BCUT2D eigenvalue weighted by atomic mass is 16.6. The molecule has 2 aliphatic rings. The number of azo groups is 1. The van der Waals surface area contributed by atoms with Crippen LogP contribution in [0, 0.1) is 6.92 Å². The minimum absolute atomic E-state index is 0.112. The Morgan fingerprint density at radius 1 is 0.971 bits per heavy atom. The third-order valence-electron chi connectivity index (χ3n) is 6.52. The highest BCUT2D eigenvalue weighted by Gasteiger charge is 2.62. The van der Waals surface area contributed by atoms with E-state index < -0.39 is 23.9 Å². The van der Waals surface area contributed by atoms with Gasteiger partial charge in [-0.15, -0.1) is 0 Å². The smallest absolute Gasteiger partial charge is 0.416 e. The van der Waals surface area contributed by atoms with E-state index >= 15 is 0 Å². The van der Waals surface area contributed by atoms with Gasteiger partial charge in [0.05, 0.1) is 18.5 Å². The topological polar surface area (TPSA) is 83.8 Å². The van der Waals surface area contributed by atoms with Gasteiger partial charge in [-0.3, -0.25) is 9.80 Å². The second kappa shape index (κ2) is 9.21. The number of likely N-dealkylation sites (tertiary alicyclic amines) is 1. The second-order valence-electron chi connectivity index (χ2n) is 8.67. The number of fused-ring (bicyclic) bond motifs is 3. The summed E-state index contributed by atoms with van der Waals surface area (Å²) in [7, 11) is 1.33. The van der Waals surface area contributed by atoms with Gasteiger partial charge in [0, 0.05) is 18.5 Å². The summed E-state index contributed by atoms with van der Waals surface area (Å²) in [5.41, 5.74) is 3.21. The summed E-state index contributed by atoms with van der Waals surface area (Å²) < 4.78 is 10.8. The molecule has 0 N–H and O–H groups in total. The number of nitrogens with zero attached hydrogens (tertiary/aromatic N) is 4. The fourth-order valence-electron chi connectivity index (χ4n) is 4.82. The molecule has 0 radical (unpaired) electrons. The molecule has 1 unspecified atom stereocenters. The first-order chi connectivity index (χ1) is 17.0. The molecular weight excluding hydrogens is 444 g/mol. The van der Waals surface area contributed by atoms with Crippen LogP contribution in [0.1, 0.15) is 23.1 Å². The summed E-state index contributed by atoms with van der Waals surface area (Å²) in [6.07, 6.45) is -1.36. The number of hydrogen-bond acceptors (Lipinski definition) is 6. The molecular formula is C27H26N4O4. The van der Waals surface area contributed by atoms with Crippen LogP contribution in [0.25, 0.3) is 0 Å². The molecule has 2 aliphatic heterocycles. The van der Waals surface area contributed by atoms with Crippen molar-refractivity contribution < 1.29 is 19.1 Å². The van der Waals surface area contributed by atoms with E-state index in [4.69, 9.17) is 14.6 Å². The number of aryl methyl sites for hydroxylation is 1. The molecule has 8 heteroatoms. The third kappa shape index (κ3) is 4.01. The summed E-state index contributed by atoms with van der Waals surface area (Å²) in [6, 6.07) is 24.7. The van der Waals surface area contributed by atoms with Crippen LogP contribution in [0.2, 0.25) is 0 Å². The Labute approximate surface area is 203 Å². The predicted molar refractivity (Wildman–Crippen MR) is 130 cm³/mol. The first-order valence-electron chi connectivity index (χ1n) is 11.5. The van der Waals surface area contributed by atoms with Gasteiger partial charge in [0.1, 0.15) is 18.3 Å². The van der Waals surface area contributed by atoms with Crippen LogP contribution >= 0.6 is 0 Å². The third-order valence-corrected chi connectivity index (χ3v) is 6.52. The SMILES string of the molecule is COC(=O)N1CC[C@]2(/N=N/c3ccc(C)cc3)c3ccccc3N(C(=O)OCc3ccccc3)C12. The fraction of sp³-hybridized carbons (Fsp3) is 0.259. The summed E-state index contributed by atoms with van der Waals surface area (Å²) >= 11 is 0. The Morgan fingerprint density at radius 3 is 2.43 bits per heavy atom. The van der Waals surface area contributed by atoms with Crippen LogP contribution in [-0.2, 0) is 21.6 Å². The zero-order valence-electron chi connectivity index (χ0n) is 19.6. The predicted octanol–water partition coefficient (Wildman–Crippen LogP) is 5.93. The summed E-state index contributed by atoms with van der Waals surface area (Å²) in [6.45, 7) is 2.48. The van der Waals surface area contributed by atoms with Gasteiger partial charge in [-0.1, -0.05) is 66.2 Å². The maximum Gasteiger partial charge on any atom is 0.416 e. The first-order valence-corrected chi connectivity index (χ1v) is 11.5. The van der Waals surface area contributed by atoms with Crippen LogP contribution in [0.5, 0.6) is 0 Å². The number of methoxy groups -OCH3 is 1. The maximum atomic E-state index is 13.5. The van der Waals surface area contributed by atoms with Gasteiger partial charge in [-0.25, -0.2) is 9.59 Å². The van der Waals surface area contributed by atoms with E-state index in [1.54, 1.807) is 0 Å². The molecule has 3 aromatic rings. The lowest BCUT2D eigenvalue weighted by Gasteiger charge is -2.33. The Hall–Kier alpha value is -4.20. The molecule has 3 aromatic carbocycles. The normalized spacial score (nSPS) is 20.6. The number of hydrogen-bond donors (Lipinski definition) is 0. The molecule has 2 amide bonds. The quantitative estimate of drug-likeness (QED) is 0.443. The first kappa shape index (κ1) is 22.6. The molecule has 2 heterocycles. The van der Waals surface area contributed by atoms with Crippen molar-refractivity contribution >= 4 is 23.6 Å². The van der Waals surface area contributed by atoms with E-state index in [0.29, 0.717) is 24.3 Å². The van der Waals surface area contributed by atoms with Crippen molar-refractivity contribution in [1.82, 2.24) is 4.90 Å². The highest BCUT2D eigenvalue weighted by molar-refractivity contribution is 5.93. The molecule has 35 heavy (non-hydrogen) atoms. The Balaban J connectivity index is 1.55. The molecule has 0 bridgehead atoms. The molecule has 0 aromatic heterocycles. The average molecular weight is 471 g/mol. The van der Waals surface area contributed by atoms with Crippen molar-refractivity contribution in [2.24, 2.45) is 10.2 Å². The van der Waals surface area contributed by atoms with E-state index in [2.05, 4.69) is 5.11 Å². The number of para-hydroxylation sites is 1. The van der Waals surface area contributed by atoms with E-state index in [-0.39, 0.29) is 6.61 Å². The average Bonchev–Trinajstić information content (AvgIpc) is 3.40. The molecule has 2 atom stereocenters. The zero-order chi connectivity index (χ0) is 24.4. The van der Waals surface area contributed by atoms with Gasteiger partial charge >= 0.3 is 12.2 Å². The molecule has 178 valence electrons. The lowest BCUT2D eigenvalue weighted by molar-refractivity contribution is 0.104. The number of amides is 2. The molecule has 8 nitrogen and oxygen atoms in total. The van der Waals surface area contributed by atoms with E-state index in [1.165, 1.54) is 16.9 Å². The van der Waals surface area contributed by atoms with Gasteiger partial charge in [0.25, 0.3) is 0 Å². The minimum atomic E-state index is -0.943. The molecule has 0 saturated carbocycles. The fourth-order valence-corrected chi connectivity index (χ4v) is 4.82. The summed E-state index contributed by atoms with van der Waals surface area (Å²) in [5.74, 6) is 0. The maximum absolute atomic E-state index is 13.5. The lowest BCUT2D eigenvalue weighted by atomic mass is 9.90. The largest absolute Gasteiger partial charge is 0.453 e. The number of benzene rings is 3. The minimum Gasteiger partial charge on any atom is -0.453 e. The number of carbonyl (C=O) groups excluding carboxylic acids is 2. The molecule has 0 aliphatic carbocycles. The van der Waals surface area contributed by atoms with Crippen molar-refractivity contribution in [1.29, 1.82) is 0 Å². The monoisotopic (exact) mass is 470 g/mol. The van der Waals surface area contributed by atoms with E-state index in [9.17, 15) is 9.59 Å².